The number of rotatable bonds is 10. The molecule has 2 fully saturated rings. The van der Waals surface area contributed by atoms with Gasteiger partial charge in [-0.2, -0.15) is 0 Å². The molecule has 1 aliphatic heterocycles. The Morgan fingerprint density at radius 3 is 2.50 bits per heavy atom. The van der Waals surface area contributed by atoms with Gasteiger partial charge >= 0.3 is 5.97 Å². The molecule has 0 radical (unpaired) electrons. The van der Waals surface area contributed by atoms with Crippen LogP contribution in [0.5, 0.6) is 5.75 Å². The molecule has 1 aromatic heterocycles. The van der Waals surface area contributed by atoms with E-state index in [0.29, 0.717) is 43.2 Å². The summed E-state index contributed by atoms with van der Waals surface area (Å²) in [6.45, 7) is 2.54. The van der Waals surface area contributed by atoms with E-state index >= 15 is 0 Å². The molecule has 2 heterocycles. The second-order valence-corrected chi connectivity index (χ2v) is 11.5. The van der Waals surface area contributed by atoms with Crippen LogP contribution in [-0.4, -0.2) is 67.0 Å². The number of benzene rings is 2. The van der Waals surface area contributed by atoms with Gasteiger partial charge in [0.05, 0.1) is 30.9 Å². The molecule has 1 aliphatic carbocycles. The average molecular weight is 591 g/mol. The van der Waals surface area contributed by atoms with Gasteiger partial charge in [-0.3, -0.25) is 19.2 Å². The predicted molar refractivity (Wildman–Crippen MR) is 160 cm³/mol. The highest BCUT2D eigenvalue weighted by atomic mass is 32.1. The molecule has 220 valence electrons. The van der Waals surface area contributed by atoms with E-state index in [4.69, 9.17) is 4.74 Å². The van der Waals surface area contributed by atoms with Crippen molar-refractivity contribution < 1.29 is 29.0 Å². The fraction of sp³-hybridized carbons (Fsp3) is 0.355. The largest absolute Gasteiger partial charge is 0.497 e. The smallest absolute Gasteiger partial charge is 0.305 e. The SMILES string of the molecule is COc1cccc(C(=O)Nc2cc(C(=O)NC(CC(=O)O)c3cccs3)ccc2N2CCCN(C(=O)C3CC3)CC2)c1. The summed E-state index contributed by atoms with van der Waals surface area (Å²) in [4.78, 5) is 55.7. The van der Waals surface area contributed by atoms with Crippen molar-refractivity contribution in [2.24, 2.45) is 5.92 Å². The first kappa shape index (κ1) is 29.1. The van der Waals surface area contributed by atoms with Crippen LogP contribution in [0.25, 0.3) is 0 Å². The number of carboxylic acids is 1. The maximum Gasteiger partial charge on any atom is 0.305 e. The fourth-order valence-electron chi connectivity index (χ4n) is 5.11. The number of amides is 3. The van der Waals surface area contributed by atoms with Gasteiger partial charge in [0.25, 0.3) is 11.8 Å². The lowest BCUT2D eigenvalue weighted by Crippen LogP contribution is -2.36. The first-order valence-corrected chi connectivity index (χ1v) is 14.9. The molecule has 1 saturated carbocycles. The third kappa shape index (κ3) is 7.09. The molecule has 0 bridgehead atoms. The highest BCUT2D eigenvalue weighted by Crippen LogP contribution is 2.33. The third-order valence-electron chi connectivity index (χ3n) is 7.48. The Kier molecular flexibility index (Phi) is 9.06. The summed E-state index contributed by atoms with van der Waals surface area (Å²) in [6, 6.07) is 14.8. The molecule has 1 atom stereocenters. The Hall–Kier alpha value is -4.38. The second kappa shape index (κ2) is 13.1. The molecule has 3 aromatic rings. The molecule has 3 N–H and O–H groups in total. The first-order valence-electron chi connectivity index (χ1n) is 14.0. The van der Waals surface area contributed by atoms with Crippen LogP contribution in [0.3, 0.4) is 0 Å². The summed E-state index contributed by atoms with van der Waals surface area (Å²) >= 11 is 1.37. The Balaban J connectivity index is 1.41. The minimum absolute atomic E-state index is 0.159. The quantitative estimate of drug-likeness (QED) is 0.319. The van der Waals surface area contributed by atoms with E-state index < -0.39 is 17.9 Å². The van der Waals surface area contributed by atoms with Crippen LogP contribution in [0.4, 0.5) is 11.4 Å². The lowest BCUT2D eigenvalue weighted by Gasteiger charge is -2.27. The number of hydrogen-bond acceptors (Lipinski definition) is 7. The number of nitrogens with one attached hydrogen (secondary N) is 2. The maximum absolute atomic E-state index is 13.4. The topological polar surface area (TPSA) is 128 Å². The van der Waals surface area contributed by atoms with Crippen LogP contribution in [0, 0.1) is 5.92 Å². The van der Waals surface area contributed by atoms with Crippen molar-refractivity contribution in [3.63, 3.8) is 0 Å². The van der Waals surface area contributed by atoms with Gasteiger partial charge < -0.3 is 30.3 Å². The number of carboxylic acid groups (broad SMARTS) is 1. The molecule has 5 rings (SSSR count). The van der Waals surface area contributed by atoms with E-state index in [-0.39, 0.29) is 29.7 Å². The zero-order valence-corrected chi connectivity index (χ0v) is 24.2. The van der Waals surface area contributed by atoms with Crippen LogP contribution in [0.1, 0.15) is 57.3 Å². The van der Waals surface area contributed by atoms with Gasteiger partial charge in [-0.25, -0.2) is 0 Å². The van der Waals surface area contributed by atoms with E-state index in [1.54, 1.807) is 48.5 Å². The third-order valence-corrected chi connectivity index (χ3v) is 8.47. The number of carbonyl (C=O) groups excluding carboxylic acids is 3. The molecule has 3 amide bonds. The molecular weight excluding hydrogens is 556 g/mol. The van der Waals surface area contributed by atoms with E-state index in [9.17, 15) is 24.3 Å². The zero-order chi connectivity index (χ0) is 29.6. The Bertz CT molecular complexity index is 1460. The number of anilines is 2. The second-order valence-electron chi connectivity index (χ2n) is 10.5. The van der Waals surface area contributed by atoms with Crippen molar-refractivity contribution in [3.8, 4) is 5.75 Å². The highest BCUT2D eigenvalue weighted by Gasteiger charge is 2.34. The summed E-state index contributed by atoms with van der Waals surface area (Å²) in [6.07, 6.45) is 2.45. The van der Waals surface area contributed by atoms with Crippen LogP contribution in [-0.2, 0) is 9.59 Å². The van der Waals surface area contributed by atoms with Crippen molar-refractivity contribution in [2.75, 3.05) is 43.5 Å². The van der Waals surface area contributed by atoms with Crippen molar-refractivity contribution in [2.45, 2.75) is 31.7 Å². The number of methoxy groups -OCH3 is 1. The van der Waals surface area contributed by atoms with Gasteiger partial charge in [-0.1, -0.05) is 12.1 Å². The molecule has 1 unspecified atom stereocenters. The van der Waals surface area contributed by atoms with Gasteiger partial charge in [0, 0.05) is 48.1 Å². The Labute approximate surface area is 248 Å². The summed E-state index contributed by atoms with van der Waals surface area (Å²) in [5.41, 5.74) is 1.87. The van der Waals surface area contributed by atoms with Gasteiger partial charge in [0.15, 0.2) is 0 Å². The molecule has 1 saturated heterocycles. The number of hydrogen-bond donors (Lipinski definition) is 3. The van der Waals surface area contributed by atoms with Crippen LogP contribution in [0.15, 0.2) is 60.0 Å². The predicted octanol–water partition coefficient (Wildman–Crippen LogP) is 4.40. The van der Waals surface area contributed by atoms with Crippen LogP contribution >= 0.6 is 11.3 Å². The molecule has 2 aromatic carbocycles. The Morgan fingerprint density at radius 1 is 0.976 bits per heavy atom. The summed E-state index contributed by atoms with van der Waals surface area (Å²) in [5, 5.41) is 17.1. The minimum Gasteiger partial charge on any atom is -0.497 e. The standard InChI is InChI=1S/C31H34N4O6S/c1-41-23-6-2-5-21(17-23)29(38)32-24-18-22(30(39)33-25(19-28(36)37)27-7-3-16-42-27)10-11-26(24)34-12-4-13-35(15-14-34)31(40)20-8-9-20/h2-3,5-7,10-11,16-18,20,25H,4,8-9,12-15,19H2,1H3,(H,32,38)(H,33,39)(H,36,37). The van der Waals surface area contributed by atoms with Gasteiger partial charge in [-0.15, -0.1) is 11.3 Å². The number of thiophene rings is 1. The van der Waals surface area contributed by atoms with Crippen LogP contribution in [0.2, 0.25) is 0 Å². The number of ether oxygens (including phenoxy) is 1. The number of aliphatic carboxylic acids is 1. The van der Waals surface area contributed by atoms with E-state index in [0.717, 1.165) is 29.8 Å². The fourth-order valence-corrected chi connectivity index (χ4v) is 5.89. The summed E-state index contributed by atoms with van der Waals surface area (Å²) < 4.78 is 5.27. The number of nitrogens with zero attached hydrogens (tertiary/aromatic N) is 2. The van der Waals surface area contributed by atoms with E-state index in [2.05, 4.69) is 15.5 Å². The monoisotopic (exact) mass is 590 g/mol. The van der Waals surface area contributed by atoms with Gasteiger partial charge in [-0.05, 0) is 67.1 Å². The van der Waals surface area contributed by atoms with Crippen molar-refractivity contribution >= 4 is 46.4 Å². The molecule has 0 spiro atoms. The highest BCUT2D eigenvalue weighted by molar-refractivity contribution is 7.10. The summed E-state index contributed by atoms with van der Waals surface area (Å²) in [5.74, 6) is -0.915. The molecule has 11 heteroatoms. The van der Waals surface area contributed by atoms with Gasteiger partial charge in [0.2, 0.25) is 5.91 Å². The molecule has 42 heavy (non-hydrogen) atoms. The number of carbonyl (C=O) groups is 4. The van der Waals surface area contributed by atoms with E-state index in [1.807, 2.05) is 16.3 Å². The maximum atomic E-state index is 13.4. The molecule has 10 nitrogen and oxygen atoms in total. The van der Waals surface area contributed by atoms with Gasteiger partial charge in [0.1, 0.15) is 5.75 Å². The minimum atomic E-state index is -1.02. The zero-order valence-electron chi connectivity index (χ0n) is 23.4. The lowest BCUT2D eigenvalue weighted by atomic mass is 10.1. The lowest BCUT2D eigenvalue weighted by molar-refractivity contribution is -0.137. The molecule has 2 aliphatic rings. The summed E-state index contributed by atoms with van der Waals surface area (Å²) in [7, 11) is 1.53. The van der Waals surface area contributed by atoms with Crippen molar-refractivity contribution in [1.29, 1.82) is 0 Å². The van der Waals surface area contributed by atoms with E-state index in [1.165, 1.54) is 18.4 Å². The molecular formula is C31H34N4O6S. The normalized spacial score (nSPS) is 15.8. The van der Waals surface area contributed by atoms with Crippen molar-refractivity contribution in [1.82, 2.24) is 10.2 Å². The van der Waals surface area contributed by atoms with Crippen LogP contribution < -0.4 is 20.3 Å². The first-order chi connectivity index (χ1) is 20.3. The Morgan fingerprint density at radius 2 is 1.79 bits per heavy atom. The van der Waals surface area contributed by atoms with Crippen molar-refractivity contribution in [3.05, 3.63) is 76.0 Å². The average Bonchev–Trinajstić information content (AvgIpc) is 3.75.